The standard InChI is InChI=1S/C13H21N3/c1-11-3-2-7-16(8-5-11)10-13-9-12(14)4-6-15-13/h4,6,9,11H,2-3,5,7-8,10H2,1H3,(H2,14,15). The van der Waals surface area contributed by atoms with Crippen LogP contribution in [0.25, 0.3) is 0 Å². The summed E-state index contributed by atoms with van der Waals surface area (Å²) in [6, 6.07) is 3.82. The second-order valence-corrected chi connectivity index (χ2v) is 4.89. The molecule has 1 aliphatic heterocycles. The summed E-state index contributed by atoms with van der Waals surface area (Å²) in [5.41, 5.74) is 7.66. The Morgan fingerprint density at radius 2 is 2.31 bits per heavy atom. The molecule has 1 aromatic heterocycles. The van der Waals surface area contributed by atoms with Crippen LogP contribution in [-0.2, 0) is 6.54 Å². The number of nitrogens with zero attached hydrogens (tertiary/aromatic N) is 2. The highest BCUT2D eigenvalue weighted by molar-refractivity contribution is 5.37. The highest BCUT2D eigenvalue weighted by atomic mass is 15.1. The Labute approximate surface area is 97.7 Å². The number of aromatic nitrogens is 1. The van der Waals surface area contributed by atoms with Gasteiger partial charge in [0.15, 0.2) is 0 Å². The van der Waals surface area contributed by atoms with Crippen molar-refractivity contribution in [3.63, 3.8) is 0 Å². The molecule has 1 aliphatic rings. The quantitative estimate of drug-likeness (QED) is 0.829. The SMILES string of the molecule is CC1CCCN(Cc2cc(N)ccn2)CC1. The van der Waals surface area contributed by atoms with Gasteiger partial charge in [-0.25, -0.2) is 0 Å². The number of hydrogen-bond acceptors (Lipinski definition) is 3. The van der Waals surface area contributed by atoms with Gasteiger partial charge in [-0.2, -0.15) is 0 Å². The van der Waals surface area contributed by atoms with Crippen molar-refractivity contribution in [3.8, 4) is 0 Å². The van der Waals surface area contributed by atoms with E-state index in [2.05, 4.69) is 16.8 Å². The molecule has 1 fully saturated rings. The summed E-state index contributed by atoms with van der Waals surface area (Å²) in [6.45, 7) is 5.68. The minimum absolute atomic E-state index is 0.813. The molecule has 0 bridgehead atoms. The lowest BCUT2D eigenvalue weighted by molar-refractivity contribution is 0.270. The molecule has 2 N–H and O–H groups in total. The summed E-state index contributed by atoms with van der Waals surface area (Å²) < 4.78 is 0. The molecule has 1 aromatic rings. The van der Waals surface area contributed by atoms with Crippen molar-refractivity contribution in [1.82, 2.24) is 9.88 Å². The number of rotatable bonds is 2. The molecule has 0 radical (unpaired) electrons. The summed E-state index contributed by atoms with van der Waals surface area (Å²) in [7, 11) is 0. The van der Waals surface area contributed by atoms with Crippen LogP contribution in [0.5, 0.6) is 0 Å². The number of likely N-dealkylation sites (tertiary alicyclic amines) is 1. The van der Waals surface area contributed by atoms with Gasteiger partial charge < -0.3 is 5.73 Å². The molecule has 1 saturated heterocycles. The topological polar surface area (TPSA) is 42.1 Å². The van der Waals surface area contributed by atoms with Crippen molar-refractivity contribution in [2.24, 2.45) is 5.92 Å². The van der Waals surface area contributed by atoms with E-state index in [1.165, 1.54) is 32.4 Å². The van der Waals surface area contributed by atoms with Crippen LogP contribution in [0, 0.1) is 5.92 Å². The molecule has 1 atom stereocenters. The first-order valence-electron chi connectivity index (χ1n) is 6.17. The Bertz CT molecular complexity index is 338. The third-order valence-corrected chi connectivity index (χ3v) is 3.34. The molecule has 88 valence electrons. The van der Waals surface area contributed by atoms with Crippen molar-refractivity contribution < 1.29 is 0 Å². The third kappa shape index (κ3) is 3.20. The molecular formula is C13H21N3. The van der Waals surface area contributed by atoms with Crippen LogP contribution in [0.2, 0.25) is 0 Å². The molecule has 3 heteroatoms. The van der Waals surface area contributed by atoms with Crippen LogP contribution in [-0.4, -0.2) is 23.0 Å². The predicted molar refractivity (Wildman–Crippen MR) is 66.9 cm³/mol. The van der Waals surface area contributed by atoms with E-state index in [1.807, 2.05) is 12.1 Å². The van der Waals surface area contributed by atoms with Gasteiger partial charge in [0.1, 0.15) is 0 Å². The molecular weight excluding hydrogens is 198 g/mol. The number of anilines is 1. The van der Waals surface area contributed by atoms with Crippen molar-refractivity contribution in [1.29, 1.82) is 0 Å². The van der Waals surface area contributed by atoms with E-state index < -0.39 is 0 Å². The smallest absolute Gasteiger partial charge is 0.0564 e. The highest BCUT2D eigenvalue weighted by Gasteiger charge is 2.14. The molecule has 0 amide bonds. The average molecular weight is 219 g/mol. The Kier molecular flexibility index (Phi) is 3.78. The van der Waals surface area contributed by atoms with Crippen molar-refractivity contribution in [2.75, 3.05) is 18.8 Å². The molecule has 2 rings (SSSR count). The monoisotopic (exact) mass is 219 g/mol. The van der Waals surface area contributed by atoms with E-state index in [9.17, 15) is 0 Å². The first kappa shape index (κ1) is 11.4. The molecule has 0 saturated carbocycles. The zero-order valence-corrected chi connectivity index (χ0v) is 10.0. The van der Waals surface area contributed by atoms with E-state index in [4.69, 9.17) is 5.73 Å². The number of pyridine rings is 1. The van der Waals surface area contributed by atoms with Crippen molar-refractivity contribution in [3.05, 3.63) is 24.0 Å². The third-order valence-electron chi connectivity index (χ3n) is 3.34. The maximum Gasteiger partial charge on any atom is 0.0564 e. The van der Waals surface area contributed by atoms with Crippen LogP contribution in [0.4, 0.5) is 5.69 Å². The summed E-state index contributed by atoms with van der Waals surface area (Å²) in [5, 5.41) is 0. The van der Waals surface area contributed by atoms with E-state index in [0.29, 0.717) is 0 Å². The van der Waals surface area contributed by atoms with Gasteiger partial charge in [0, 0.05) is 18.4 Å². The highest BCUT2D eigenvalue weighted by Crippen LogP contribution is 2.18. The molecule has 2 heterocycles. The van der Waals surface area contributed by atoms with Crippen LogP contribution in [0.3, 0.4) is 0 Å². The Morgan fingerprint density at radius 1 is 1.44 bits per heavy atom. The van der Waals surface area contributed by atoms with Crippen molar-refractivity contribution >= 4 is 5.69 Å². The van der Waals surface area contributed by atoms with Crippen LogP contribution in [0.15, 0.2) is 18.3 Å². The van der Waals surface area contributed by atoms with Gasteiger partial charge in [0.05, 0.1) is 5.69 Å². The van der Waals surface area contributed by atoms with Crippen LogP contribution >= 0.6 is 0 Å². The lowest BCUT2D eigenvalue weighted by Crippen LogP contribution is -2.24. The average Bonchev–Trinajstić information content (AvgIpc) is 2.44. The number of nitrogen functional groups attached to an aromatic ring is 1. The predicted octanol–water partition coefficient (Wildman–Crippen LogP) is 2.29. The fourth-order valence-electron chi connectivity index (χ4n) is 2.29. The fourth-order valence-corrected chi connectivity index (χ4v) is 2.29. The largest absolute Gasteiger partial charge is 0.399 e. The van der Waals surface area contributed by atoms with Gasteiger partial charge in [-0.1, -0.05) is 6.92 Å². The van der Waals surface area contributed by atoms with Crippen molar-refractivity contribution in [2.45, 2.75) is 32.7 Å². The fraction of sp³-hybridized carbons (Fsp3) is 0.615. The normalized spacial score (nSPS) is 22.9. The molecule has 1 unspecified atom stereocenters. The Hall–Kier alpha value is -1.09. The van der Waals surface area contributed by atoms with Gasteiger partial charge in [0.25, 0.3) is 0 Å². The van der Waals surface area contributed by atoms with Crippen LogP contribution < -0.4 is 5.73 Å². The van der Waals surface area contributed by atoms with E-state index in [-0.39, 0.29) is 0 Å². The molecule has 3 nitrogen and oxygen atoms in total. The second-order valence-electron chi connectivity index (χ2n) is 4.89. The van der Waals surface area contributed by atoms with E-state index in [0.717, 1.165) is 23.8 Å². The number of hydrogen-bond donors (Lipinski definition) is 1. The zero-order chi connectivity index (χ0) is 11.4. The first-order chi connectivity index (χ1) is 7.74. The maximum absolute atomic E-state index is 5.76. The van der Waals surface area contributed by atoms with Crippen LogP contribution in [0.1, 0.15) is 31.9 Å². The minimum Gasteiger partial charge on any atom is -0.399 e. The first-order valence-corrected chi connectivity index (χ1v) is 6.17. The Morgan fingerprint density at radius 3 is 3.12 bits per heavy atom. The van der Waals surface area contributed by atoms with Gasteiger partial charge in [-0.15, -0.1) is 0 Å². The lowest BCUT2D eigenvalue weighted by atomic mass is 10.0. The zero-order valence-electron chi connectivity index (χ0n) is 10.0. The molecule has 0 aliphatic carbocycles. The Balaban J connectivity index is 1.93. The second kappa shape index (κ2) is 5.30. The minimum atomic E-state index is 0.813. The molecule has 0 aromatic carbocycles. The lowest BCUT2D eigenvalue weighted by Gasteiger charge is -2.19. The summed E-state index contributed by atoms with van der Waals surface area (Å²) >= 11 is 0. The summed E-state index contributed by atoms with van der Waals surface area (Å²) in [6.07, 6.45) is 5.78. The van der Waals surface area contributed by atoms with Gasteiger partial charge in [-0.05, 0) is 50.4 Å². The van der Waals surface area contributed by atoms with E-state index in [1.54, 1.807) is 6.20 Å². The van der Waals surface area contributed by atoms with E-state index >= 15 is 0 Å². The van der Waals surface area contributed by atoms with Gasteiger partial charge in [-0.3, -0.25) is 9.88 Å². The summed E-state index contributed by atoms with van der Waals surface area (Å²) in [4.78, 5) is 6.85. The number of nitrogens with two attached hydrogens (primary N) is 1. The maximum atomic E-state index is 5.76. The molecule has 0 spiro atoms. The summed E-state index contributed by atoms with van der Waals surface area (Å²) in [5.74, 6) is 0.874. The molecule has 16 heavy (non-hydrogen) atoms. The van der Waals surface area contributed by atoms with Gasteiger partial charge >= 0.3 is 0 Å². The van der Waals surface area contributed by atoms with Gasteiger partial charge in [0.2, 0.25) is 0 Å².